The van der Waals surface area contributed by atoms with Crippen molar-refractivity contribution in [2.45, 2.75) is 50.7 Å². The number of ether oxygens (including phenoxy) is 1. The summed E-state index contributed by atoms with van der Waals surface area (Å²) in [5.41, 5.74) is 1.24. The summed E-state index contributed by atoms with van der Waals surface area (Å²) in [4.78, 5) is 16.0. The number of fused-ring (bicyclic) bond motifs is 2. The second-order valence-electron chi connectivity index (χ2n) is 5.77. The van der Waals surface area contributed by atoms with Crippen molar-refractivity contribution in [3.05, 3.63) is 23.4 Å². The maximum absolute atomic E-state index is 11.5. The number of pyridine rings is 1. The maximum atomic E-state index is 11.5. The molecule has 5 heteroatoms. The zero-order valence-corrected chi connectivity index (χ0v) is 12.0. The van der Waals surface area contributed by atoms with Crippen LogP contribution in [0.1, 0.15) is 41.7 Å². The molecule has 0 spiro atoms. The van der Waals surface area contributed by atoms with Crippen molar-refractivity contribution in [1.82, 2.24) is 10.3 Å². The number of methoxy groups -OCH3 is 1. The summed E-state index contributed by atoms with van der Waals surface area (Å²) >= 11 is 0. The van der Waals surface area contributed by atoms with E-state index in [-0.39, 0.29) is 5.97 Å². The largest absolute Gasteiger partial charge is 0.465 e. The van der Waals surface area contributed by atoms with Gasteiger partial charge in [0.1, 0.15) is 5.82 Å². The molecule has 0 amide bonds. The Hall–Kier alpha value is -1.62. The Balaban J connectivity index is 1.69. The second-order valence-corrected chi connectivity index (χ2v) is 5.77. The summed E-state index contributed by atoms with van der Waals surface area (Å²) in [7, 11) is 1.39. The number of carbonyl (C=O) groups is 1. The Bertz CT molecular complexity index is 506. The number of hydrogen-bond acceptors (Lipinski definition) is 5. The van der Waals surface area contributed by atoms with E-state index in [2.05, 4.69) is 15.6 Å². The van der Waals surface area contributed by atoms with E-state index in [0.717, 1.165) is 18.7 Å². The van der Waals surface area contributed by atoms with Crippen LogP contribution in [0.2, 0.25) is 0 Å². The molecule has 1 aromatic rings. The molecule has 0 aromatic carbocycles. The van der Waals surface area contributed by atoms with Gasteiger partial charge in [-0.25, -0.2) is 9.78 Å². The van der Waals surface area contributed by atoms with Crippen LogP contribution in [0.15, 0.2) is 12.1 Å². The van der Waals surface area contributed by atoms with E-state index < -0.39 is 0 Å². The Kier molecular flexibility index (Phi) is 3.61. The van der Waals surface area contributed by atoms with Crippen LogP contribution in [-0.4, -0.2) is 36.2 Å². The lowest BCUT2D eigenvalue weighted by atomic mass is 10.00. The van der Waals surface area contributed by atoms with Crippen LogP contribution in [-0.2, 0) is 4.74 Å². The molecule has 1 aromatic heterocycles. The summed E-state index contributed by atoms with van der Waals surface area (Å²) in [5.74, 6) is 0.517. The quantitative estimate of drug-likeness (QED) is 0.825. The fraction of sp³-hybridized carbons (Fsp3) is 0.600. The van der Waals surface area contributed by atoms with Crippen molar-refractivity contribution in [2.24, 2.45) is 0 Å². The van der Waals surface area contributed by atoms with Crippen molar-refractivity contribution in [2.75, 3.05) is 12.4 Å². The summed E-state index contributed by atoms with van der Waals surface area (Å²) < 4.78 is 4.74. The van der Waals surface area contributed by atoms with Gasteiger partial charge in [0.05, 0.1) is 18.4 Å². The minimum Gasteiger partial charge on any atom is -0.465 e. The maximum Gasteiger partial charge on any atom is 0.339 e. The molecule has 2 N–H and O–H groups in total. The van der Waals surface area contributed by atoms with Gasteiger partial charge < -0.3 is 15.4 Å². The molecule has 2 saturated heterocycles. The van der Waals surface area contributed by atoms with E-state index in [9.17, 15) is 4.79 Å². The number of rotatable bonds is 3. The van der Waals surface area contributed by atoms with Crippen LogP contribution in [0, 0.1) is 6.92 Å². The van der Waals surface area contributed by atoms with Crippen molar-refractivity contribution in [1.29, 1.82) is 0 Å². The molecule has 2 unspecified atom stereocenters. The van der Waals surface area contributed by atoms with Gasteiger partial charge in [0.15, 0.2) is 0 Å². The van der Waals surface area contributed by atoms with Crippen molar-refractivity contribution in [3.63, 3.8) is 0 Å². The molecule has 2 fully saturated rings. The van der Waals surface area contributed by atoms with Crippen molar-refractivity contribution in [3.8, 4) is 0 Å². The first kappa shape index (κ1) is 13.4. The highest BCUT2D eigenvalue weighted by Crippen LogP contribution is 2.28. The van der Waals surface area contributed by atoms with E-state index in [4.69, 9.17) is 4.74 Å². The summed E-state index contributed by atoms with van der Waals surface area (Å²) in [6.45, 7) is 1.84. The number of piperidine rings is 1. The lowest BCUT2D eigenvalue weighted by Gasteiger charge is -2.30. The molecule has 2 aliphatic heterocycles. The van der Waals surface area contributed by atoms with Gasteiger partial charge >= 0.3 is 5.97 Å². The summed E-state index contributed by atoms with van der Waals surface area (Å²) in [6.07, 6.45) is 4.87. The average Bonchev–Trinajstić information content (AvgIpc) is 2.77. The van der Waals surface area contributed by atoms with Crippen LogP contribution in [0.4, 0.5) is 5.82 Å². The first-order chi connectivity index (χ1) is 9.65. The molecule has 20 heavy (non-hydrogen) atoms. The fourth-order valence-electron chi connectivity index (χ4n) is 3.35. The number of anilines is 1. The zero-order valence-electron chi connectivity index (χ0n) is 12.0. The van der Waals surface area contributed by atoms with Gasteiger partial charge in [0, 0.05) is 18.1 Å². The zero-order chi connectivity index (χ0) is 14.1. The van der Waals surface area contributed by atoms with Crippen LogP contribution in [0.25, 0.3) is 0 Å². The number of carbonyl (C=O) groups excluding carboxylic acids is 1. The number of nitrogens with zero attached hydrogens (tertiary/aromatic N) is 1. The standard InChI is InChI=1S/C15H21N3O2/c1-9-13(15(19)20-2)5-6-14(16-9)18-12-7-10-3-4-11(8-12)17-10/h5-6,10-12,17H,3-4,7-8H2,1-2H3,(H,16,18). The predicted octanol–water partition coefficient (Wildman–Crippen LogP) is 1.87. The van der Waals surface area contributed by atoms with Crippen molar-refractivity contribution < 1.29 is 9.53 Å². The molecule has 2 atom stereocenters. The average molecular weight is 275 g/mol. The third kappa shape index (κ3) is 2.63. The highest BCUT2D eigenvalue weighted by atomic mass is 16.5. The van der Waals surface area contributed by atoms with E-state index in [1.165, 1.54) is 20.0 Å². The Morgan fingerprint density at radius 1 is 1.35 bits per heavy atom. The Morgan fingerprint density at radius 3 is 2.65 bits per heavy atom. The highest BCUT2D eigenvalue weighted by molar-refractivity contribution is 5.90. The van der Waals surface area contributed by atoms with Crippen molar-refractivity contribution >= 4 is 11.8 Å². The molecule has 0 saturated carbocycles. The molecule has 2 aliphatic rings. The fourth-order valence-corrected chi connectivity index (χ4v) is 3.35. The normalized spacial score (nSPS) is 28.2. The van der Waals surface area contributed by atoms with Gasteiger partial charge in [-0.05, 0) is 44.7 Å². The second kappa shape index (κ2) is 5.40. The highest BCUT2D eigenvalue weighted by Gasteiger charge is 2.33. The predicted molar refractivity (Wildman–Crippen MR) is 76.9 cm³/mol. The van der Waals surface area contributed by atoms with Gasteiger partial charge in [-0.2, -0.15) is 0 Å². The lowest BCUT2D eigenvalue weighted by Crippen LogP contribution is -2.43. The van der Waals surface area contributed by atoms with Gasteiger partial charge in [0.25, 0.3) is 0 Å². The molecule has 2 bridgehead atoms. The van der Waals surface area contributed by atoms with Gasteiger partial charge in [-0.1, -0.05) is 0 Å². The van der Waals surface area contributed by atoms with Crippen LogP contribution >= 0.6 is 0 Å². The molecular weight excluding hydrogens is 254 g/mol. The molecular formula is C15H21N3O2. The molecule has 108 valence electrons. The smallest absolute Gasteiger partial charge is 0.339 e. The molecule has 3 heterocycles. The first-order valence-electron chi connectivity index (χ1n) is 7.24. The minimum atomic E-state index is -0.332. The molecule has 5 nitrogen and oxygen atoms in total. The third-order valence-corrected chi connectivity index (χ3v) is 4.32. The number of hydrogen-bond donors (Lipinski definition) is 2. The van der Waals surface area contributed by atoms with Gasteiger partial charge in [-0.3, -0.25) is 0 Å². The number of nitrogens with one attached hydrogen (secondary N) is 2. The molecule has 0 radical (unpaired) electrons. The van der Waals surface area contributed by atoms with Gasteiger partial charge in [0.2, 0.25) is 0 Å². The summed E-state index contributed by atoms with van der Waals surface area (Å²) in [5, 5.41) is 7.13. The first-order valence-corrected chi connectivity index (χ1v) is 7.24. The van der Waals surface area contributed by atoms with E-state index in [0.29, 0.717) is 29.4 Å². The summed E-state index contributed by atoms with van der Waals surface area (Å²) in [6, 6.07) is 5.43. The van der Waals surface area contributed by atoms with Gasteiger partial charge in [-0.15, -0.1) is 0 Å². The van der Waals surface area contributed by atoms with E-state index >= 15 is 0 Å². The lowest BCUT2D eigenvalue weighted by molar-refractivity contribution is 0.0599. The number of esters is 1. The Morgan fingerprint density at radius 2 is 2.05 bits per heavy atom. The third-order valence-electron chi connectivity index (χ3n) is 4.32. The number of aryl methyl sites for hydroxylation is 1. The molecule has 0 aliphatic carbocycles. The van der Waals surface area contributed by atoms with Crippen LogP contribution in [0.3, 0.4) is 0 Å². The molecule has 3 rings (SSSR count). The van der Waals surface area contributed by atoms with Crippen LogP contribution < -0.4 is 10.6 Å². The van der Waals surface area contributed by atoms with E-state index in [1.807, 2.05) is 13.0 Å². The SMILES string of the molecule is COC(=O)c1ccc(NC2CC3CCC(C2)N3)nc1C. The van der Waals surface area contributed by atoms with E-state index in [1.54, 1.807) is 6.07 Å². The Labute approximate surface area is 119 Å². The minimum absolute atomic E-state index is 0.332. The van der Waals surface area contributed by atoms with Crippen LogP contribution in [0.5, 0.6) is 0 Å². The topological polar surface area (TPSA) is 63.2 Å². The number of aromatic nitrogens is 1. The monoisotopic (exact) mass is 275 g/mol.